The summed E-state index contributed by atoms with van der Waals surface area (Å²) in [4.78, 5) is 11.7. The first-order valence-corrected chi connectivity index (χ1v) is 6.79. The molecule has 1 aliphatic carbocycles. The van der Waals surface area contributed by atoms with Gasteiger partial charge < -0.3 is 5.32 Å². The predicted molar refractivity (Wildman–Crippen MR) is 68.8 cm³/mol. The molecule has 2 rings (SSSR count). The molecule has 1 fully saturated rings. The second kappa shape index (κ2) is 5.53. The minimum Gasteiger partial charge on any atom is -0.350 e. The SMILES string of the molecule is O=C(NCC(Cl)C1CC1)c1c(F)cc(Br)cc1F. The first-order valence-electron chi connectivity index (χ1n) is 5.56. The lowest BCUT2D eigenvalue weighted by Crippen LogP contribution is -2.31. The van der Waals surface area contributed by atoms with Crippen LogP contribution >= 0.6 is 27.5 Å². The number of hydrogen-bond donors (Lipinski definition) is 1. The Balaban J connectivity index is 2.04. The van der Waals surface area contributed by atoms with E-state index in [1.54, 1.807) is 0 Å². The molecule has 1 aromatic carbocycles. The highest BCUT2D eigenvalue weighted by Gasteiger charge is 2.30. The Bertz CT molecular complexity index is 456. The molecule has 1 N–H and O–H groups in total. The number of hydrogen-bond acceptors (Lipinski definition) is 1. The Morgan fingerprint density at radius 3 is 2.50 bits per heavy atom. The van der Waals surface area contributed by atoms with Gasteiger partial charge in [-0.1, -0.05) is 15.9 Å². The van der Waals surface area contributed by atoms with Crippen molar-refractivity contribution < 1.29 is 13.6 Å². The van der Waals surface area contributed by atoms with Crippen molar-refractivity contribution in [1.82, 2.24) is 5.32 Å². The molecular weight excluding hydrogens is 327 g/mol. The van der Waals surface area contributed by atoms with Crippen molar-refractivity contribution in [3.8, 4) is 0 Å². The number of halogens is 4. The summed E-state index contributed by atoms with van der Waals surface area (Å²) in [5.41, 5.74) is -0.571. The molecule has 98 valence electrons. The number of carbonyl (C=O) groups is 1. The molecule has 2 nitrogen and oxygen atoms in total. The zero-order valence-corrected chi connectivity index (χ0v) is 11.7. The van der Waals surface area contributed by atoms with Crippen LogP contribution in [0.15, 0.2) is 16.6 Å². The molecule has 1 amide bonds. The first-order chi connectivity index (χ1) is 8.49. The third kappa shape index (κ3) is 3.20. The highest BCUT2D eigenvalue weighted by molar-refractivity contribution is 9.10. The van der Waals surface area contributed by atoms with E-state index in [0.717, 1.165) is 25.0 Å². The monoisotopic (exact) mass is 337 g/mol. The van der Waals surface area contributed by atoms with E-state index in [9.17, 15) is 13.6 Å². The summed E-state index contributed by atoms with van der Waals surface area (Å²) in [6.45, 7) is 0.222. The second-order valence-electron chi connectivity index (χ2n) is 4.31. The summed E-state index contributed by atoms with van der Waals surface area (Å²) in [6, 6.07) is 2.11. The minimum absolute atomic E-state index is 0.171. The maximum absolute atomic E-state index is 13.5. The van der Waals surface area contributed by atoms with Gasteiger partial charge in [0.2, 0.25) is 0 Å². The van der Waals surface area contributed by atoms with Crippen LogP contribution in [0.4, 0.5) is 8.78 Å². The fourth-order valence-corrected chi connectivity index (χ4v) is 2.39. The smallest absolute Gasteiger partial charge is 0.257 e. The van der Waals surface area contributed by atoms with Gasteiger partial charge in [-0.05, 0) is 30.9 Å². The fourth-order valence-electron chi connectivity index (χ4n) is 1.66. The number of carbonyl (C=O) groups excluding carboxylic acids is 1. The lowest BCUT2D eigenvalue weighted by atomic mass is 10.2. The molecule has 1 atom stereocenters. The summed E-state index contributed by atoms with van der Waals surface area (Å²) in [6.07, 6.45) is 2.09. The Morgan fingerprint density at radius 1 is 1.44 bits per heavy atom. The largest absolute Gasteiger partial charge is 0.350 e. The molecule has 1 aromatic rings. The van der Waals surface area contributed by atoms with Crippen molar-refractivity contribution >= 4 is 33.4 Å². The fraction of sp³-hybridized carbons (Fsp3) is 0.417. The Labute approximate surface area is 117 Å². The van der Waals surface area contributed by atoms with Gasteiger partial charge in [-0.25, -0.2) is 8.78 Å². The van der Waals surface area contributed by atoms with Gasteiger partial charge in [-0.2, -0.15) is 0 Å². The third-order valence-electron chi connectivity index (χ3n) is 2.83. The lowest BCUT2D eigenvalue weighted by molar-refractivity contribution is 0.0944. The number of rotatable bonds is 4. The molecule has 6 heteroatoms. The van der Waals surface area contributed by atoms with Gasteiger partial charge in [-0.15, -0.1) is 11.6 Å². The van der Waals surface area contributed by atoms with Gasteiger partial charge in [0.25, 0.3) is 5.91 Å². The Kier molecular flexibility index (Phi) is 4.22. The molecule has 1 aliphatic rings. The predicted octanol–water partition coefficient (Wildman–Crippen LogP) is 3.47. The van der Waals surface area contributed by atoms with E-state index in [1.807, 2.05) is 0 Å². The van der Waals surface area contributed by atoms with Crippen molar-refractivity contribution in [2.24, 2.45) is 5.92 Å². The number of nitrogens with one attached hydrogen (secondary N) is 1. The van der Waals surface area contributed by atoms with Gasteiger partial charge >= 0.3 is 0 Å². The summed E-state index contributed by atoms with van der Waals surface area (Å²) in [7, 11) is 0. The molecule has 0 spiro atoms. The standard InChI is InChI=1S/C12H11BrClF2NO/c13-7-3-9(15)11(10(16)4-7)12(18)17-5-8(14)6-1-2-6/h3-4,6,8H,1-2,5H2,(H,17,18). The summed E-state index contributed by atoms with van der Waals surface area (Å²) in [5, 5.41) is 2.28. The van der Waals surface area contributed by atoms with Crippen molar-refractivity contribution in [1.29, 1.82) is 0 Å². The highest BCUT2D eigenvalue weighted by Crippen LogP contribution is 2.35. The topological polar surface area (TPSA) is 29.1 Å². The quantitative estimate of drug-likeness (QED) is 0.837. The summed E-state index contributed by atoms with van der Waals surface area (Å²) in [5.74, 6) is -2.15. The normalized spacial score (nSPS) is 16.4. The molecular formula is C12H11BrClF2NO. The maximum atomic E-state index is 13.5. The third-order valence-corrected chi connectivity index (χ3v) is 3.79. The van der Waals surface area contributed by atoms with E-state index < -0.39 is 23.1 Å². The van der Waals surface area contributed by atoms with Crippen LogP contribution in [-0.2, 0) is 0 Å². The van der Waals surface area contributed by atoms with Crippen LogP contribution in [0.1, 0.15) is 23.2 Å². The molecule has 1 saturated carbocycles. The zero-order chi connectivity index (χ0) is 13.3. The zero-order valence-electron chi connectivity index (χ0n) is 9.35. The van der Waals surface area contributed by atoms with E-state index in [2.05, 4.69) is 21.2 Å². The van der Waals surface area contributed by atoms with Crippen LogP contribution in [0.25, 0.3) is 0 Å². The average Bonchev–Trinajstić information content (AvgIpc) is 3.07. The first kappa shape index (κ1) is 13.7. The van der Waals surface area contributed by atoms with Gasteiger partial charge in [0.1, 0.15) is 17.2 Å². The molecule has 0 aromatic heterocycles. The Hall–Kier alpha value is -0.680. The van der Waals surface area contributed by atoms with E-state index in [0.29, 0.717) is 5.92 Å². The number of benzene rings is 1. The Morgan fingerprint density at radius 2 is 2.00 bits per heavy atom. The molecule has 0 heterocycles. The van der Waals surface area contributed by atoms with E-state index >= 15 is 0 Å². The van der Waals surface area contributed by atoms with Crippen molar-refractivity contribution in [3.05, 3.63) is 33.8 Å². The summed E-state index contributed by atoms with van der Waals surface area (Å²) >= 11 is 8.96. The maximum Gasteiger partial charge on any atom is 0.257 e. The molecule has 0 bridgehead atoms. The van der Waals surface area contributed by atoms with Crippen LogP contribution in [-0.4, -0.2) is 17.8 Å². The van der Waals surface area contributed by atoms with Crippen LogP contribution in [0.2, 0.25) is 0 Å². The number of amides is 1. The van der Waals surface area contributed by atoms with Gasteiger partial charge in [-0.3, -0.25) is 4.79 Å². The van der Waals surface area contributed by atoms with E-state index in [1.165, 1.54) is 0 Å². The summed E-state index contributed by atoms with van der Waals surface area (Å²) < 4.78 is 27.2. The second-order valence-corrected chi connectivity index (χ2v) is 5.78. The molecule has 0 radical (unpaired) electrons. The van der Waals surface area contributed by atoms with Crippen molar-refractivity contribution in [2.45, 2.75) is 18.2 Å². The van der Waals surface area contributed by atoms with Gasteiger partial charge in [0.05, 0.1) is 5.38 Å². The number of alkyl halides is 1. The van der Waals surface area contributed by atoms with Crippen molar-refractivity contribution in [3.63, 3.8) is 0 Å². The van der Waals surface area contributed by atoms with Crippen LogP contribution < -0.4 is 5.32 Å². The molecule has 0 aliphatic heterocycles. The van der Waals surface area contributed by atoms with Crippen LogP contribution in [0.5, 0.6) is 0 Å². The van der Waals surface area contributed by atoms with Crippen molar-refractivity contribution in [2.75, 3.05) is 6.54 Å². The van der Waals surface area contributed by atoms with E-state index in [4.69, 9.17) is 11.6 Å². The highest BCUT2D eigenvalue weighted by atomic mass is 79.9. The molecule has 1 unspecified atom stereocenters. The average molecular weight is 339 g/mol. The molecule has 18 heavy (non-hydrogen) atoms. The van der Waals surface area contributed by atoms with Gasteiger partial charge in [0.15, 0.2) is 0 Å². The van der Waals surface area contributed by atoms with Crippen LogP contribution in [0.3, 0.4) is 0 Å². The molecule has 0 saturated heterocycles. The van der Waals surface area contributed by atoms with E-state index in [-0.39, 0.29) is 16.4 Å². The van der Waals surface area contributed by atoms with Gasteiger partial charge in [0, 0.05) is 11.0 Å². The van der Waals surface area contributed by atoms with Crippen LogP contribution in [0, 0.1) is 17.6 Å². The lowest BCUT2D eigenvalue weighted by Gasteiger charge is -2.10. The minimum atomic E-state index is -0.892.